The third kappa shape index (κ3) is 13.7. The van der Waals surface area contributed by atoms with Crippen LogP contribution in [0.1, 0.15) is 41.0 Å². The Morgan fingerprint density at radius 2 is 1.76 bits per heavy atom. The van der Waals surface area contributed by atoms with Crippen LogP contribution in [0.3, 0.4) is 0 Å². The zero-order valence-electron chi connectivity index (χ0n) is 13.0. The Morgan fingerprint density at radius 1 is 1.38 bits per heavy atom. The zero-order valence-corrected chi connectivity index (χ0v) is 13.8. The van der Waals surface area contributed by atoms with Gasteiger partial charge < -0.3 is 9.84 Å². The summed E-state index contributed by atoms with van der Waals surface area (Å²) in [4.78, 5) is 11.3. The van der Waals surface area contributed by atoms with Crippen molar-refractivity contribution in [2.75, 3.05) is 0 Å². The van der Waals surface area contributed by atoms with Crippen LogP contribution >= 0.6 is 0 Å². The van der Waals surface area contributed by atoms with E-state index in [0.29, 0.717) is 12.0 Å². The Morgan fingerprint density at radius 3 is 2.00 bits per heavy atom. The van der Waals surface area contributed by atoms with Gasteiger partial charge in [-0.15, -0.1) is 0 Å². The number of rotatable bonds is 6. The molecule has 8 nitrogen and oxygen atoms in total. The Labute approximate surface area is 125 Å². The second kappa shape index (κ2) is 9.11. The van der Waals surface area contributed by atoms with Gasteiger partial charge in [0.1, 0.15) is 0 Å². The molecule has 21 heavy (non-hydrogen) atoms. The van der Waals surface area contributed by atoms with E-state index in [1.165, 1.54) is 0 Å². The number of aliphatic hydroxyl groups is 1. The Balaban J connectivity index is 0. The molecule has 126 valence electrons. The molecule has 0 bridgehead atoms. The fourth-order valence-corrected chi connectivity index (χ4v) is 0.980. The summed E-state index contributed by atoms with van der Waals surface area (Å²) in [5, 5.41) is 12.6. The van der Waals surface area contributed by atoms with Crippen molar-refractivity contribution in [1.82, 2.24) is 5.32 Å². The molecule has 0 spiro atoms. The lowest BCUT2D eigenvalue weighted by atomic mass is 9.98. The number of carbonyl (C=O) groups is 1. The van der Waals surface area contributed by atoms with Crippen molar-refractivity contribution in [2.45, 2.75) is 58.9 Å². The van der Waals surface area contributed by atoms with Gasteiger partial charge in [0.15, 0.2) is 6.23 Å². The number of carbonyl (C=O) groups excluding carboxylic acids is 1. The second-order valence-corrected chi connectivity index (χ2v) is 5.97. The van der Waals surface area contributed by atoms with Gasteiger partial charge in [-0.3, -0.25) is 14.4 Å². The van der Waals surface area contributed by atoms with Crippen molar-refractivity contribution in [3.8, 4) is 0 Å². The van der Waals surface area contributed by atoms with E-state index in [1.54, 1.807) is 13.8 Å². The molecule has 0 fully saturated rings. The van der Waals surface area contributed by atoms with Crippen LogP contribution in [0.25, 0.3) is 0 Å². The first-order chi connectivity index (χ1) is 9.20. The first-order valence-corrected chi connectivity index (χ1v) is 7.62. The van der Waals surface area contributed by atoms with Gasteiger partial charge in [-0.05, 0) is 34.1 Å². The average molecular weight is 327 g/mol. The van der Waals surface area contributed by atoms with Gasteiger partial charge in [0, 0.05) is 11.1 Å². The average Bonchev–Trinajstić information content (AvgIpc) is 2.24. The van der Waals surface area contributed by atoms with Gasteiger partial charge in [0.25, 0.3) is 0 Å². The van der Waals surface area contributed by atoms with Crippen LogP contribution in [-0.2, 0) is 19.9 Å². The molecular formula is C12H25NO7S. The quantitative estimate of drug-likeness (QED) is 0.245. The lowest BCUT2D eigenvalue weighted by molar-refractivity contribution is -0.147. The number of ether oxygens (including phenoxy) is 1. The summed E-state index contributed by atoms with van der Waals surface area (Å²) < 4.78 is 36.8. The second-order valence-electron chi connectivity index (χ2n) is 5.07. The van der Waals surface area contributed by atoms with Crippen molar-refractivity contribution in [1.29, 1.82) is 0 Å². The third-order valence-corrected chi connectivity index (χ3v) is 2.55. The molecule has 2 unspecified atom stereocenters. The minimum atomic E-state index is -4.67. The van der Waals surface area contributed by atoms with Crippen molar-refractivity contribution >= 4 is 16.4 Å². The molecule has 0 saturated heterocycles. The highest BCUT2D eigenvalue weighted by molar-refractivity contribution is 7.79. The molecular weight excluding hydrogens is 302 g/mol. The minimum absolute atomic E-state index is 0.370. The SMILES string of the molecule is C=C(C)C(=O)OC(CC)NC(C)(C)C(C)O.O=S(=O)(O)O. The standard InChI is InChI=1S/C12H23NO3.H2O4S/c1-7-10(16-11(15)8(2)3)13-12(5,6)9(4)14;1-5(2,3)4/h9-10,13-14H,2,7H2,1,3-6H3;(H2,1,2,3,4). The smallest absolute Gasteiger partial charge is 0.394 e. The summed E-state index contributed by atoms with van der Waals surface area (Å²) in [7, 11) is -4.67. The van der Waals surface area contributed by atoms with Crippen LogP contribution in [0.15, 0.2) is 12.2 Å². The highest BCUT2D eigenvalue weighted by Gasteiger charge is 2.28. The van der Waals surface area contributed by atoms with Crippen molar-refractivity contribution in [3.63, 3.8) is 0 Å². The summed E-state index contributed by atoms with van der Waals surface area (Å²) in [6.45, 7) is 12.4. The van der Waals surface area contributed by atoms with Gasteiger partial charge in [-0.25, -0.2) is 4.79 Å². The van der Waals surface area contributed by atoms with E-state index in [-0.39, 0.29) is 0 Å². The molecule has 0 aromatic carbocycles. The van der Waals surface area contributed by atoms with E-state index >= 15 is 0 Å². The van der Waals surface area contributed by atoms with E-state index in [9.17, 15) is 9.90 Å². The number of hydrogen-bond donors (Lipinski definition) is 4. The summed E-state index contributed by atoms with van der Waals surface area (Å²) in [6, 6.07) is 0. The van der Waals surface area contributed by atoms with Gasteiger partial charge in [0.05, 0.1) is 6.10 Å². The molecule has 2 atom stereocenters. The Kier molecular flexibility index (Phi) is 9.66. The number of hydrogen-bond acceptors (Lipinski definition) is 6. The maximum Gasteiger partial charge on any atom is 0.394 e. The summed E-state index contributed by atoms with van der Waals surface area (Å²) in [5.74, 6) is -0.416. The third-order valence-electron chi connectivity index (χ3n) is 2.55. The van der Waals surface area contributed by atoms with Gasteiger partial charge in [-0.2, -0.15) is 8.42 Å². The van der Waals surface area contributed by atoms with Crippen LogP contribution in [-0.4, -0.2) is 46.5 Å². The van der Waals surface area contributed by atoms with Crippen LogP contribution in [0.2, 0.25) is 0 Å². The topological polar surface area (TPSA) is 133 Å². The molecule has 0 radical (unpaired) electrons. The fourth-order valence-electron chi connectivity index (χ4n) is 0.980. The lowest BCUT2D eigenvalue weighted by Crippen LogP contribution is -2.53. The molecule has 0 aliphatic heterocycles. The zero-order chi connectivity index (χ0) is 17.4. The summed E-state index contributed by atoms with van der Waals surface area (Å²) in [6.07, 6.45) is -0.311. The molecule has 0 aliphatic carbocycles. The number of aliphatic hydroxyl groups excluding tert-OH is 1. The van der Waals surface area contributed by atoms with Gasteiger partial charge >= 0.3 is 16.4 Å². The minimum Gasteiger partial charge on any atom is -0.443 e. The van der Waals surface area contributed by atoms with E-state index in [0.717, 1.165) is 0 Å². The molecule has 0 saturated carbocycles. The van der Waals surface area contributed by atoms with Crippen molar-refractivity contribution in [3.05, 3.63) is 12.2 Å². The van der Waals surface area contributed by atoms with E-state index < -0.39 is 34.2 Å². The van der Waals surface area contributed by atoms with Crippen LogP contribution in [0, 0.1) is 0 Å². The maximum absolute atomic E-state index is 11.3. The van der Waals surface area contributed by atoms with E-state index in [1.807, 2.05) is 20.8 Å². The molecule has 0 amide bonds. The maximum atomic E-state index is 11.3. The van der Waals surface area contributed by atoms with E-state index in [2.05, 4.69) is 11.9 Å². The molecule has 0 rings (SSSR count). The fraction of sp³-hybridized carbons (Fsp3) is 0.750. The largest absolute Gasteiger partial charge is 0.443 e. The number of esters is 1. The monoisotopic (exact) mass is 327 g/mol. The first kappa shape index (κ1) is 22.3. The molecule has 0 aliphatic rings. The van der Waals surface area contributed by atoms with E-state index in [4.69, 9.17) is 22.3 Å². The molecule has 0 heterocycles. The van der Waals surface area contributed by atoms with Crippen molar-refractivity contribution in [2.24, 2.45) is 0 Å². The van der Waals surface area contributed by atoms with Gasteiger partial charge in [-0.1, -0.05) is 13.5 Å². The molecule has 4 N–H and O–H groups in total. The van der Waals surface area contributed by atoms with Crippen LogP contribution in [0.5, 0.6) is 0 Å². The first-order valence-electron chi connectivity index (χ1n) is 6.22. The van der Waals surface area contributed by atoms with Crippen molar-refractivity contribution < 1.29 is 32.2 Å². The summed E-state index contributed by atoms with van der Waals surface area (Å²) >= 11 is 0. The molecule has 0 aromatic rings. The lowest BCUT2D eigenvalue weighted by Gasteiger charge is -2.33. The highest BCUT2D eigenvalue weighted by Crippen LogP contribution is 2.12. The molecule has 0 aromatic heterocycles. The normalized spacial score (nSPS) is 14.5. The predicted octanol–water partition coefficient (Wildman–Crippen LogP) is 0.938. The van der Waals surface area contributed by atoms with Crippen LogP contribution < -0.4 is 5.32 Å². The molecule has 9 heteroatoms. The Hall–Kier alpha value is -1.00. The number of nitrogens with one attached hydrogen (secondary N) is 1. The summed E-state index contributed by atoms with van der Waals surface area (Å²) in [5.41, 5.74) is -0.133. The van der Waals surface area contributed by atoms with Crippen LogP contribution in [0.4, 0.5) is 0 Å². The van der Waals surface area contributed by atoms with Gasteiger partial charge in [0.2, 0.25) is 0 Å². The predicted molar refractivity (Wildman–Crippen MR) is 78.1 cm³/mol. The Bertz CT molecular complexity index is 435. The highest BCUT2D eigenvalue weighted by atomic mass is 32.3.